The van der Waals surface area contributed by atoms with E-state index in [4.69, 9.17) is 19.7 Å². The average Bonchev–Trinajstić information content (AvgIpc) is 3.10. The van der Waals surface area contributed by atoms with E-state index in [1.165, 1.54) is 5.56 Å². The van der Waals surface area contributed by atoms with Crippen LogP contribution < -0.4 is 0 Å². The van der Waals surface area contributed by atoms with Gasteiger partial charge < -0.3 is 24.8 Å². The molecule has 268 valence electrons. The van der Waals surface area contributed by atoms with Crippen molar-refractivity contribution in [3.63, 3.8) is 0 Å². The van der Waals surface area contributed by atoms with Crippen molar-refractivity contribution in [1.82, 2.24) is 4.98 Å². The Labute approximate surface area is 296 Å². The minimum absolute atomic E-state index is 0.00237. The van der Waals surface area contributed by atoms with Crippen LogP contribution in [-0.2, 0) is 25.5 Å². The Morgan fingerprint density at radius 1 is 0.860 bits per heavy atom. The highest BCUT2D eigenvalue weighted by Crippen LogP contribution is 2.43. The number of carbonyl (C=O) groups is 2. The first kappa shape index (κ1) is 38.5. The Bertz CT molecular complexity index is 1550. The number of nitrogens with zero attached hydrogens (tertiary/aromatic N) is 1. The van der Waals surface area contributed by atoms with Gasteiger partial charge in [0.1, 0.15) is 5.75 Å². The van der Waals surface area contributed by atoms with Gasteiger partial charge in [-0.25, -0.2) is 0 Å². The molecule has 0 unspecified atom stereocenters. The summed E-state index contributed by atoms with van der Waals surface area (Å²) in [5.74, 6) is -1.35. The molecule has 3 N–H and O–H groups in total. The monoisotopic (exact) mass is 683 g/mol. The number of para-hydroxylation sites is 1. The number of ether oxygens (including phenoxy) is 2. The lowest BCUT2D eigenvalue weighted by atomic mass is 9.84. The summed E-state index contributed by atoms with van der Waals surface area (Å²) in [6.45, 7) is 4.86. The van der Waals surface area contributed by atoms with E-state index in [1.807, 2.05) is 36.5 Å². The Balaban J connectivity index is 1.28. The fourth-order valence-electron chi connectivity index (χ4n) is 6.48. The fourth-order valence-corrected chi connectivity index (χ4v) is 6.48. The van der Waals surface area contributed by atoms with Gasteiger partial charge in [0.2, 0.25) is 0 Å². The maximum absolute atomic E-state index is 10.9. The molecular weight excluding hydrogens is 630 g/mol. The van der Waals surface area contributed by atoms with Gasteiger partial charge in [0.15, 0.2) is 6.29 Å². The first-order valence-corrected chi connectivity index (χ1v) is 18.0. The lowest BCUT2D eigenvalue weighted by Crippen LogP contribution is -2.43. The number of allylic oxidation sites excluding steroid dienone is 3. The SMILES string of the molecule is CC(C)(CCCCCc1ccc(/C(=C\CCCCC(=O)O)c2cccnc2)cc1)[C@H]1OC[C@@H](C/C=C\CCC(=O)O)[C@@H](c2ccccc2O)O1. The summed E-state index contributed by atoms with van der Waals surface area (Å²) in [5, 5.41) is 28.5. The molecule has 0 radical (unpaired) electrons. The van der Waals surface area contributed by atoms with Gasteiger partial charge in [0, 0.05) is 47.7 Å². The second-order valence-electron chi connectivity index (χ2n) is 13.9. The van der Waals surface area contributed by atoms with E-state index < -0.39 is 18.2 Å². The van der Waals surface area contributed by atoms with Crippen molar-refractivity contribution >= 4 is 17.5 Å². The van der Waals surface area contributed by atoms with Crippen LogP contribution in [0.4, 0.5) is 0 Å². The zero-order valence-corrected chi connectivity index (χ0v) is 29.5. The quantitative estimate of drug-likeness (QED) is 0.0794. The summed E-state index contributed by atoms with van der Waals surface area (Å²) >= 11 is 0. The number of phenolic OH excluding ortho intramolecular Hbond substituents is 1. The third-order valence-corrected chi connectivity index (χ3v) is 9.39. The van der Waals surface area contributed by atoms with Crippen molar-refractivity contribution in [3.8, 4) is 5.75 Å². The Morgan fingerprint density at radius 3 is 2.36 bits per heavy atom. The number of hydrogen-bond acceptors (Lipinski definition) is 6. The molecule has 0 bridgehead atoms. The number of aliphatic carboxylic acids is 2. The smallest absolute Gasteiger partial charge is 0.303 e. The number of carboxylic acid groups (broad SMARTS) is 2. The van der Waals surface area contributed by atoms with Crippen LogP contribution in [-0.4, -0.2) is 45.1 Å². The minimum Gasteiger partial charge on any atom is -0.508 e. The first-order valence-electron chi connectivity index (χ1n) is 18.0. The van der Waals surface area contributed by atoms with E-state index in [-0.39, 0.29) is 36.0 Å². The molecule has 1 aliphatic rings. The van der Waals surface area contributed by atoms with E-state index in [1.54, 1.807) is 18.3 Å². The molecule has 4 rings (SSSR count). The lowest BCUT2D eigenvalue weighted by molar-refractivity contribution is -0.279. The molecule has 3 aromatic rings. The van der Waals surface area contributed by atoms with E-state index in [9.17, 15) is 14.7 Å². The van der Waals surface area contributed by atoms with Gasteiger partial charge in [-0.1, -0.05) is 93.4 Å². The summed E-state index contributed by atoms with van der Waals surface area (Å²) in [6.07, 6.45) is 17.9. The molecule has 50 heavy (non-hydrogen) atoms. The molecule has 1 fully saturated rings. The highest BCUT2D eigenvalue weighted by atomic mass is 16.7. The highest BCUT2D eigenvalue weighted by molar-refractivity contribution is 5.79. The molecule has 0 amide bonds. The minimum atomic E-state index is -0.811. The summed E-state index contributed by atoms with van der Waals surface area (Å²) in [4.78, 5) is 26.0. The summed E-state index contributed by atoms with van der Waals surface area (Å²) in [7, 11) is 0. The summed E-state index contributed by atoms with van der Waals surface area (Å²) < 4.78 is 12.9. The maximum Gasteiger partial charge on any atom is 0.303 e. The molecule has 0 saturated carbocycles. The highest BCUT2D eigenvalue weighted by Gasteiger charge is 2.40. The molecule has 2 heterocycles. The van der Waals surface area contributed by atoms with Crippen molar-refractivity contribution < 1.29 is 34.4 Å². The third kappa shape index (κ3) is 12.3. The van der Waals surface area contributed by atoms with Gasteiger partial charge >= 0.3 is 11.9 Å². The number of aromatic hydroxyl groups is 1. The van der Waals surface area contributed by atoms with Gasteiger partial charge in [0.05, 0.1) is 12.7 Å². The van der Waals surface area contributed by atoms with Crippen LogP contribution in [0.25, 0.3) is 5.57 Å². The fraction of sp³-hybridized carbons (Fsp3) is 0.452. The maximum atomic E-state index is 10.9. The van der Waals surface area contributed by atoms with Gasteiger partial charge in [-0.3, -0.25) is 14.6 Å². The molecular formula is C42H53NO7. The predicted octanol–water partition coefficient (Wildman–Crippen LogP) is 9.53. The van der Waals surface area contributed by atoms with E-state index >= 15 is 0 Å². The van der Waals surface area contributed by atoms with Crippen molar-refractivity contribution in [3.05, 3.63) is 114 Å². The first-order chi connectivity index (χ1) is 24.1. The molecule has 8 heteroatoms. The van der Waals surface area contributed by atoms with Crippen LogP contribution in [0.2, 0.25) is 0 Å². The number of pyridine rings is 1. The lowest BCUT2D eigenvalue weighted by Gasteiger charge is -2.43. The zero-order valence-electron chi connectivity index (χ0n) is 29.5. The second-order valence-corrected chi connectivity index (χ2v) is 13.9. The molecule has 3 atom stereocenters. The second kappa shape index (κ2) is 19.8. The largest absolute Gasteiger partial charge is 0.508 e. The van der Waals surface area contributed by atoms with Crippen LogP contribution in [0.1, 0.15) is 113 Å². The molecule has 1 aliphatic heterocycles. The zero-order chi connectivity index (χ0) is 35.8. The number of phenols is 1. The standard InChI is InChI=1S/C42H53NO7/c1-42(2,41-49-30-34(16-7-3-9-21-38(45)46)40(50-41)36-19-11-12-20-37(36)44)27-13-5-6-15-31-23-25-32(26-24-31)35(33-17-14-28-43-29-33)18-8-4-10-22-39(47)48/h3,7,11-12,14,17-20,23-26,28-29,34,40-41,44H,4-6,8-10,13,15-16,21-22,27,30H2,1-2H3,(H,45,46)(H,47,48)/b7-3-,35-18+/t34-,40+,41+/m1/s1. The van der Waals surface area contributed by atoms with Crippen LogP contribution in [0.15, 0.2) is 91.3 Å². The van der Waals surface area contributed by atoms with Crippen molar-refractivity contribution in [2.75, 3.05) is 6.61 Å². The van der Waals surface area contributed by atoms with Gasteiger partial charge in [-0.15, -0.1) is 0 Å². The number of carboxylic acids is 2. The van der Waals surface area contributed by atoms with Gasteiger partial charge in [-0.2, -0.15) is 0 Å². The van der Waals surface area contributed by atoms with Crippen molar-refractivity contribution in [1.29, 1.82) is 0 Å². The molecule has 0 spiro atoms. The van der Waals surface area contributed by atoms with Crippen LogP contribution in [0, 0.1) is 11.3 Å². The number of aryl methyl sites for hydroxylation is 1. The van der Waals surface area contributed by atoms with Gasteiger partial charge in [-0.05, 0) is 80.2 Å². The summed E-state index contributed by atoms with van der Waals surface area (Å²) in [6, 6.07) is 20.1. The average molecular weight is 684 g/mol. The van der Waals surface area contributed by atoms with Crippen LogP contribution in [0.5, 0.6) is 5.75 Å². The molecule has 2 aromatic carbocycles. The number of hydrogen-bond donors (Lipinski definition) is 3. The predicted molar refractivity (Wildman–Crippen MR) is 196 cm³/mol. The van der Waals surface area contributed by atoms with Crippen LogP contribution >= 0.6 is 0 Å². The topological polar surface area (TPSA) is 126 Å². The Hall–Kier alpha value is -4.27. The normalized spacial score (nSPS) is 18.4. The third-order valence-electron chi connectivity index (χ3n) is 9.39. The number of unbranched alkanes of at least 4 members (excludes halogenated alkanes) is 4. The van der Waals surface area contributed by atoms with Gasteiger partial charge in [0.25, 0.3) is 0 Å². The van der Waals surface area contributed by atoms with E-state index in [2.05, 4.69) is 55.2 Å². The number of aromatic nitrogens is 1. The summed E-state index contributed by atoms with van der Waals surface area (Å²) in [5.41, 5.74) is 5.14. The molecule has 1 saturated heterocycles. The molecule has 8 nitrogen and oxygen atoms in total. The Kier molecular flexibility index (Phi) is 15.3. The number of benzene rings is 2. The van der Waals surface area contributed by atoms with Crippen molar-refractivity contribution in [2.24, 2.45) is 11.3 Å². The van der Waals surface area contributed by atoms with E-state index in [0.29, 0.717) is 25.9 Å². The Morgan fingerprint density at radius 2 is 1.64 bits per heavy atom. The van der Waals surface area contributed by atoms with Crippen molar-refractivity contribution in [2.45, 2.75) is 103 Å². The number of rotatable bonds is 20. The molecule has 1 aromatic heterocycles. The van der Waals surface area contributed by atoms with Crippen LogP contribution in [0.3, 0.4) is 0 Å². The van der Waals surface area contributed by atoms with E-state index in [0.717, 1.165) is 67.2 Å². The molecule has 0 aliphatic carbocycles.